The summed E-state index contributed by atoms with van der Waals surface area (Å²) in [6.45, 7) is 9.73. The highest BCUT2D eigenvalue weighted by atomic mass is 16.5. The van der Waals surface area contributed by atoms with E-state index < -0.39 is 5.54 Å². The average Bonchev–Trinajstić information content (AvgIpc) is 2.28. The van der Waals surface area contributed by atoms with Crippen LogP contribution >= 0.6 is 0 Å². The first-order valence-corrected chi connectivity index (χ1v) is 6.90. The van der Waals surface area contributed by atoms with Crippen molar-refractivity contribution in [3.63, 3.8) is 0 Å². The minimum absolute atomic E-state index is 0.325. The van der Waals surface area contributed by atoms with Crippen molar-refractivity contribution in [2.75, 3.05) is 33.4 Å². The van der Waals surface area contributed by atoms with Gasteiger partial charge >= 0.3 is 0 Å². The van der Waals surface area contributed by atoms with Crippen LogP contribution in [0, 0.1) is 17.2 Å². The van der Waals surface area contributed by atoms with Crippen LogP contribution in [0.3, 0.4) is 0 Å². The molecule has 0 radical (unpaired) electrons. The first-order chi connectivity index (χ1) is 8.45. The Kier molecular flexibility index (Phi) is 6.07. The van der Waals surface area contributed by atoms with Crippen LogP contribution in [-0.4, -0.2) is 49.8 Å². The summed E-state index contributed by atoms with van der Waals surface area (Å²) >= 11 is 0. The standard InChI is InChI=1S/C14H27N3O/c1-12(2)16-14(3,10-15)11-17(4)9-13-5-7-18-8-6-13/h12-13,16H,5-9,11H2,1-4H3. The summed E-state index contributed by atoms with van der Waals surface area (Å²) in [6, 6.07) is 2.73. The maximum Gasteiger partial charge on any atom is 0.116 e. The van der Waals surface area contributed by atoms with E-state index in [1.807, 2.05) is 6.92 Å². The van der Waals surface area contributed by atoms with Gasteiger partial charge in [-0.05, 0) is 46.6 Å². The fraction of sp³-hybridized carbons (Fsp3) is 0.929. The number of nitrogens with one attached hydrogen (secondary N) is 1. The molecule has 1 N–H and O–H groups in total. The van der Waals surface area contributed by atoms with E-state index in [1.54, 1.807) is 0 Å². The molecular formula is C14H27N3O. The van der Waals surface area contributed by atoms with Crippen LogP contribution in [0.5, 0.6) is 0 Å². The molecular weight excluding hydrogens is 226 g/mol. The lowest BCUT2D eigenvalue weighted by molar-refractivity contribution is 0.0537. The quantitative estimate of drug-likeness (QED) is 0.781. The lowest BCUT2D eigenvalue weighted by Gasteiger charge is -2.33. The van der Waals surface area contributed by atoms with Crippen molar-refractivity contribution in [1.29, 1.82) is 5.26 Å². The van der Waals surface area contributed by atoms with E-state index in [-0.39, 0.29) is 0 Å². The molecule has 4 heteroatoms. The Bertz CT molecular complexity index is 281. The van der Waals surface area contributed by atoms with Crippen LogP contribution < -0.4 is 5.32 Å². The van der Waals surface area contributed by atoms with Crippen molar-refractivity contribution in [2.45, 2.75) is 45.2 Å². The highest BCUT2D eigenvalue weighted by Gasteiger charge is 2.27. The largest absolute Gasteiger partial charge is 0.381 e. The lowest BCUT2D eigenvalue weighted by atomic mass is 9.98. The molecule has 0 aromatic carbocycles. The Morgan fingerprint density at radius 1 is 1.44 bits per heavy atom. The van der Waals surface area contributed by atoms with Gasteiger partial charge in [-0.1, -0.05) is 0 Å². The molecule has 104 valence electrons. The number of nitrogens with zero attached hydrogens (tertiary/aromatic N) is 2. The van der Waals surface area contributed by atoms with Crippen molar-refractivity contribution in [2.24, 2.45) is 5.92 Å². The summed E-state index contributed by atoms with van der Waals surface area (Å²) in [5.74, 6) is 0.714. The Labute approximate surface area is 111 Å². The van der Waals surface area contributed by atoms with Crippen LogP contribution in [0.4, 0.5) is 0 Å². The van der Waals surface area contributed by atoms with Gasteiger partial charge < -0.3 is 9.64 Å². The van der Waals surface area contributed by atoms with Crippen LogP contribution in [0.1, 0.15) is 33.6 Å². The summed E-state index contributed by atoms with van der Waals surface area (Å²) in [6.07, 6.45) is 2.29. The molecule has 1 heterocycles. The maximum absolute atomic E-state index is 9.33. The zero-order valence-corrected chi connectivity index (χ0v) is 12.2. The molecule has 1 rings (SSSR count). The predicted octanol–water partition coefficient (Wildman–Crippen LogP) is 1.63. The van der Waals surface area contributed by atoms with E-state index in [1.165, 1.54) is 0 Å². The molecule has 1 unspecified atom stereocenters. The molecule has 1 fully saturated rings. The monoisotopic (exact) mass is 253 g/mol. The van der Waals surface area contributed by atoms with E-state index >= 15 is 0 Å². The molecule has 0 saturated carbocycles. The lowest BCUT2D eigenvalue weighted by Crippen LogP contribution is -2.52. The number of rotatable bonds is 6. The van der Waals surface area contributed by atoms with Gasteiger partial charge in [0.05, 0.1) is 6.07 Å². The Hall–Kier alpha value is -0.630. The maximum atomic E-state index is 9.33. The van der Waals surface area contributed by atoms with E-state index in [0.29, 0.717) is 12.0 Å². The van der Waals surface area contributed by atoms with E-state index in [2.05, 4.69) is 37.2 Å². The molecule has 0 bridgehead atoms. The third-order valence-electron chi connectivity index (χ3n) is 3.35. The van der Waals surface area contributed by atoms with Gasteiger partial charge in [-0.25, -0.2) is 0 Å². The van der Waals surface area contributed by atoms with Gasteiger partial charge in [0.25, 0.3) is 0 Å². The highest BCUT2D eigenvalue weighted by Crippen LogP contribution is 2.16. The number of ether oxygens (including phenoxy) is 1. The van der Waals surface area contributed by atoms with E-state index in [9.17, 15) is 5.26 Å². The molecule has 0 spiro atoms. The minimum Gasteiger partial charge on any atom is -0.381 e. The minimum atomic E-state index is -0.464. The number of hydrogen-bond donors (Lipinski definition) is 1. The zero-order valence-electron chi connectivity index (χ0n) is 12.2. The predicted molar refractivity (Wildman–Crippen MR) is 73.3 cm³/mol. The summed E-state index contributed by atoms with van der Waals surface area (Å²) in [5, 5.41) is 12.7. The van der Waals surface area contributed by atoms with Crippen molar-refractivity contribution >= 4 is 0 Å². The molecule has 4 nitrogen and oxygen atoms in total. The summed E-state index contributed by atoms with van der Waals surface area (Å²) in [7, 11) is 2.10. The summed E-state index contributed by atoms with van der Waals surface area (Å²) < 4.78 is 5.37. The molecule has 0 amide bonds. The molecule has 1 saturated heterocycles. The zero-order chi connectivity index (χ0) is 13.6. The fourth-order valence-electron chi connectivity index (χ4n) is 2.72. The molecule has 0 aromatic heterocycles. The summed E-state index contributed by atoms with van der Waals surface area (Å²) in [5.41, 5.74) is -0.464. The third-order valence-corrected chi connectivity index (χ3v) is 3.35. The first kappa shape index (κ1) is 15.4. The first-order valence-electron chi connectivity index (χ1n) is 6.90. The number of nitriles is 1. The van der Waals surface area contributed by atoms with E-state index in [4.69, 9.17) is 4.74 Å². The second-order valence-corrected chi connectivity index (χ2v) is 6.00. The van der Waals surface area contributed by atoms with E-state index in [0.717, 1.165) is 39.1 Å². The van der Waals surface area contributed by atoms with Gasteiger partial charge in [-0.15, -0.1) is 0 Å². The van der Waals surface area contributed by atoms with Gasteiger partial charge in [-0.3, -0.25) is 5.32 Å². The van der Waals surface area contributed by atoms with Crippen molar-refractivity contribution in [1.82, 2.24) is 10.2 Å². The van der Waals surface area contributed by atoms with Crippen molar-refractivity contribution in [3.8, 4) is 6.07 Å². The molecule has 1 atom stereocenters. The molecule has 0 aromatic rings. The second-order valence-electron chi connectivity index (χ2n) is 6.00. The van der Waals surface area contributed by atoms with Gasteiger partial charge in [-0.2, -0.15) is 5.26 Å². The SMILES string of the molecule is CC(C)NC(C)(C#N)CN(C)CC1CCOCC1. The molecule has 18 heavy (non-hydrogen) atoms. The molecule has 1 aliphatic heterocycles. The second kappa shape index (κ2) is 7.08. The topological polar surface area (TPSA) is 48.3 Å². The normalized spacial score (nSPS) is 20.9. The van der Waals surface area contributed by atoms with Crippen molar-refractivity contribution in [3.05, 3.63) is 0 Å². The Morgan fingerprint density at radius 2 is 2.06 bits per heavy atom. The Balaban J connectivity index is 2.41. The van der Waals surface area contributed by atoms with Crippen molar-refractivity contribution < 1.29 is 4.74 Å². The smallest absolute Gasteiger partial charge is 0.116 e. The third kappa shape index (κ3) is 5.34. The fourth-order valence-corrected chi connectivity index (χ4v) is 2.72. The Morgan fingerprint density at radius 3 is 2.56 bits per heavy atom. The van der Waals surface area contributed by atoms with Gasteiger partial charge in [0.2, 0.25) is 0 Å². The average molecular weight is 253 g/mol. The van der Waals surface area contributed by atoms with Crippen LogP contribution in [0.25, 0.3) is 0 Å². The number of likely N-dealkylation sites (N-methyl/N-ethyl adjacent to an activating group) is 1. The van der Waals surface area contributed by atoms with Gasteiger partial charge in [0.1, 0.15) is 5.54 Å². The highest BCUT2D eigenvalue weighted by molar-refractivity contribution is 5.06. The van der Waals surface area contributed by atoms with Crippen LogP contribution in [0.15, 0.2) is 0 Å². The van der Waals surface area contributed by atoms with Crippen LogP contribution in [-0.2, 0) is 4.74 Å². The van der Waals surface area contributed by atoms with Crippen LogP contribution in [0.2, 0.25) is 0 Å². The number of hydrogen-bond acceptors (Lipinski definition) is 4. The molecule has 1 aliphatic rings. The van der Waals surface area contributed by atoms with Gasteiger partial charge in [0, 0.05) is 32.3 Å². The molecule has 0 aliphatic carbocycles. The van der Waals surface area contributed by atoms with Gasteiger partial charge in [0.15, 0.2) is 0 Å². The summed E-state index contributed by atoms with van der Waals surface area (Å²) in [4.78, 5) is 2.27.